The summed E-state index contributed by atoms with van der Waals surface area (Å²) in [5, 5.41) is 1.05. The Bertz CT molecular complexity index is 1430. The fraction of sp³-hybridized carbons (Fsp3) is 0.0385. The number of hydrogen-bond donors (Lipinski definition) is 0. The predicted molar refractivity (Wildman–Crippen MR) is 130 cm³/mol. The summed E-state index contributed by atoms with van der Waals surface area (Å²) in [7, 11) is 0. The second-order valence-corrected chi connectivity index (χ2v) is 8.74. The highest BCUT2D eigenvalue weighted by Crippen LogP contribution is 2.34. The van der Waals surface area contributed by atoms with Crippen molar-refractivity contribution in [2.75, 3.05) is 4.90 Å². The third-order valence-corrected chi connectivity index (χ3v) is 6.51. The first-order valence-electron chi connectivity index (χ1n) is 10.2. The number of hydrogen-bond acceptors (Lipinski definition) is 5. The first-order chi connectivity index (χ1) is 16.1. The summed E-state index contributed by atoms with van der Waals surface area (Å²) < 4.78 is 6.37. The van der Waals surface area contributed by atoms with Crippen molar-refractivity contribution >= 4 is 50.0 Å². The molecule has 0 aliphatic rings. The maximum absolute atomic E-state index is 13.5. The fourth-order valence-electron chi connectivity index (χ4n) is 3.48. The van der Waals surface area contributed by atoms with Gasteiger partial charge in [-0.15, -0.1) is 0 Å². The Labute approximate surface area is 198 Å². The first kappa shape index (κ1) is 21.1. The van der Waals surface area contributed by atoms with E-state index in [0.29, 0.717) is 38.1 Å². The van der Waals surface area contributed by atoms with E-state index in [9.17, 15) is 9.59 Å². The molecule has 2 heterocycles. The molecule has 162 valence electrons. The average Bonchev–Trinajstić information content (AvgIpc) is 3.53. The molecule has 0 aliphatic carbocycles. The van der Waals surface area contributed by atoms with Crippen molar-refractivity contribution in [3.05, 3.63) is 119 Å². The Morgan fingerprint density at radius 3 is 2.27 bits per heavy atom. The summed E-state index contributed by atoms with van der Waals surface area (Å²) in [5.41, 5.74) is 2.21. The van der Waals surface area contributed by atoms with E-state index in [1.54, 1.807) is 59.7 Å². The van der Waals surface area contributed by atoms with Gasteiger partial charge in [0.05, 0.1) is 22.5 Å². The van der Waals surface area contributed by atoms with Crippen molar-refractivity contribution in [3.63, 3.8) is 0 Å². The molecule has 0 fully saturated rings. The number of anilines is 1. The van der Waals surface area contributed by atoms with Gasteiger partial charge in [0.1, 0.15) is 11.3 Å². The lowest BCUT2D eigenvalue weighted by molar-refractivity contribution is 0.0981. The summed E-state index contributed by atoms with van der Waals surface area (Å²) in [6, 6.07) is 24.8. The van der Waals surface area contributed by atoms with Gasteiger partial charge in [0.2, 0.25) is 0 Å². The second kappa shape index (κ2) is 9.02. The highest BCUT2D eigenvalue weighted by atomic mass is 35.5. The number of carbonyl (C=O) groups is 2. The number of rotatable bonds is 6. The van der Waals surface area contributed by atoms with Gasteiger partial charge in [-0.1, -0.05) is 71.5 Å². The number of amides is 1. The van der Waals surface area contributed by atoms with Crippen LogP contribution in [0.5, 0.6) is 0 Å². The molecule has 0 radical (unpaired) electrons. The van der Waals surface area contributed by atoms with Gasteiger partial charge in [0.25, 0.3) is 5.91 Å². The molecule has 5 rings (SSSR count). The van der Waals surface area contributed by atoms with Gasteiger partial charge >= 0.3 is 0 Å². The van der Waals surface area contributed by atoms with E-state index in [4.69, 9.17) is 16.0 Å². The molecular weight excluding hydrogens is 456 g/mol. The SMILES string of the molecule is O=C(c1ccccc1)c1ccc(C(=O)N(Cc2ccco2)c2nc3c(Cl)cccc3s2)cc1. The van der Waals surface area contributed by atoms with Crippen LogP contribution in [0, 0.1) is 0 Å². The minimum absolute atomic E-state index is 0.0946. The number of ketones is 1. The standard InChI is InChI=1S/C26H17ClN2O3S/c27-21-9-4-10-22-23(21)28-26(33-22)29(16-20-8-5-15-32-20)25(31)19-13-11-18(12-14-19)24(30)17-6-2-1-3-7-17/h1-15H,16H2. The lowest BCUT2D eigenvalue weighted by atomic mass is 10.0. The monoisotopic (exact) mass is 472 g/mol. The number of benzene rings is 3. The highest BCUT2D eigenvalue weighted by molar-refractivity contribution is 7.22. The molecule has 0 atom stereocenters. The van der Waals surface area contributed by atoms with Crippen molar-refractivity contribution in [2.45, 2.75) is 6.54 Å². The summed E-state index contributed by atoms with van der Waals surface area (Å²) in [6.45, 7) is 0.216. The van der Waals surface area contributed by atoms with E-state index in [-0.39, 0.29) is 18.2 Å². The maximum atomic E-state index is 13.5. The van der Waals surface area contributed by atoms with Gasteiger partial charge in [-0.3, -0.25) is 14.5 Å². The van der Waals surface area contributed by atoms with E-state index >= 15 is 0 Å². The van der Waals surface area contributed by atoms with Crippen molar-refractivity contribution < 1.29 is 14.0 Å². The Kier molecular flexibility index (Phi) is 5.77. The number of para-hydroxylation sites is 1. The zero-order chi connectivity index (χ0) is 22.8. The predicted octanol–water partition coefficient (Wildman–Crippen LogP) is 6.62. The van der Waals surface area contributed by atoms with Crippen LogP contribution in [-0.4, -0.2) is 16.7 Å². The van der Waals surface area contributed by atoms with E-state index in [1.807, 2.05) is 36.4 Å². The van der Waals surface area contributed by atoms with Crippen LogP contribution >= 0.6 is 22.9 Å². The summed E-state index contributed by atoms with van der Waals surface area (Å²) >= 11 is 7.69. The molecular formula is C26H17ClN2O3S. The van der Waals surface area contributed by atoms with Crippen LogP contribution in [0.1, 0.15) is 32.0 Å². The fourth-order valence-corrected chi connectivity index (χ4v) is 4.74. The molecule has 0 bridgehead atoms. The molecule has 0 saturated heterocycles. The van der Waals surface area contributed by atoms with Crippen LogP contribution in [-0.2, 0) is 6.54 Å². The lowest BCUT2D eigenvalue weighted by Crippen LogP contribution is -2.30. The minimum Gasteiger partial charge on any atom is -0.467 e. The number of carbonyl (C=O) groups excluding carboxylic acids is 2. The zero-order valence-corrected chi connectivity index (χ0v) is 18.8. The van der Waals surface area contributed by atoms with Crippen LogP contribution in [0.2, 0.25) is 5.02 Å². The third kappa shape index (κ3) is 4.31. The largest absolute Gasteiger partial charge is 0.467 e. The first-order valence-corrected chi connectivity index (χ1v) is 11.4. The van der Waals surface area contributed by atoms with Crippen molar-refractivity contribution in [1.29, 1.82) is 0 Å². The van der Waals surface area contributed by atoms with Crippen LogP contribution in [0.4, 0.5) is 5.13 Å². The molecule has 5 aromatic rings. The summed E-state index contributed by atoms with van der Waals surface area (Å²) in [6.07, 6.45) is 1.57. The molecule has 2 aromatic heterocycles. The van der Waals surface area contributed by atoms with Gasteiger partial charge in [-0.2, -0.15) is 0 Å². The normalized spacial score (nSPS) is 10.9. The lowest BCUT2D eigenvalue weighted by Gasteiger charge is -2.19. The van der Waals surface area contributed by atoms with E-state index < -0.39 is 0 Å². The summed E-state index contributed by atoms with van der Waals surface area (Å²) in [4.78, 5) is 32.4. The molecule has 0 aliphatic heterocycles. The number of thiazole rings is 1. The average molecular weight is 473 g/mol. The smallest absolute Gasteiger partial charge is 0.260 e. The Balaban J connectivity index is 1.47. The number of aromatic nitrogens is 1. The highest BCUT2D eigenvalue weighted by Gasteiger charge is 2.23. The number of furan rings is 1. The van der Waals surface area contributed by atoms with Crippen LogP contribution in [0.15, 0.2) is 95.6 Å². The van der Waals surface area contributed by atoms with Gasteiger partial charge in [0, 0.05) is 16.7 Å². The molecule has 0 saturated carbocycles. The van der Waals surface area contributed by atoms with E-state index in [0.717, 1.165) is 4.70 Å². The number of halogens is 1. The van der Waals surface area contributed by atoms with Gasteiger partial charge in [-0.25, -0.2) is 4.98 Å². The van der Waals surface area contributed by atoms with Crippen LogP contribution in [0.3, 0.4) is 0 Å². The van der Waals surface area contributed by atoms with Crippen LogP contribution < -0.4 is 4.90 Å². The number of nitrogens with zero attached hydrogens (tertiary/aromatic N) is 2. The van der Waals surface area contributed by atoms with Crippen molar-refractivity contribution in [3.8, 4) is 0 Å². The second-order valence-electron chi connectivity index (χ2n) is 7.33. The van der Waals surface area contributed by atoms with Gasteiger partial charge in [0.15, 0.2) is 10.9 Å². The topological polar surface area (TPSA) is 63.4 Å². The summed E-state index contributed by atoms with van der Waals surface area (Å²) in [5.74, 6) is 0.285. The molecule has 3 aromatic carbocycles. The Hall–Kier alpha value is -3.74. The maximum Gasteiger partial charge on any atom is 0.260 e. The molecule has 5 nitrogen and oxygen atoms in total. The zero-order valence-electron chi connectivity index (χ0n) is 17.3. The molecule has 1 amide bonds. The molecule has 33 heavy (non-hydrogen) atoms. The minimum atomic E-state index is -0.250. The molecule has 0 unspecified atom stereocenters. The molecule has 0 N–H and O–H groups in total. The third-order valence-electron chi connectivity index (χ3n) is 5.16. The van der Waals surface area contributed by atoms with Crippen molar-refractivity contribution in [2.24, 2.45) is 0 Å². The van der Waals surface area contributed by atoms with E-state index in [1.165, 1.54) is 11.3 Å². The van der Waals surface area contributed by atoms with Gasteiger partial charge < -0.3 is 4.42 Å². The molecule has 7 heteroatoms. The van der Waals surface area contributed by atoms with Crippen molar-refractivity contribution in [1.82, 2.24) is 4.98 Å². The number of fused-ring (bicyclic) bond motifs is 1. The van der Waals surface area contributed by atoms with Crippen LogP contribution in [0.25, 0.3) is 10.2 Å². The quantitative estimate of drug-likeness (QED) is 0.260. The Morgan fingerprint density at radius 1 is 0.848 bits per heavy atom. The van der Waals surface area contributed by atoms with Gasteiger partial charge in [-0.05, 0) is 36.4 Å². The van der Waals surface area contributed by atoms with E-state index in [2.05, 4.69) is 4.98 Å². The Morgan fingerprint density at radius 2 is 1.58 bits per heavy atom. The molecule has 0 spiro atoms.